The van der Waals surface area contributed by atoms with Crippen molar-refractivity contribution in [1.82, 2.24) is 10.6 Å². The van der Waals surface area contributed by atoms with Crippen LogP contribution in [-0.4, -0.2) is 38.1 Å². The number of benzene rings is 1. The lowest BCUT2D eigenvalue weighted by Crippen LogP contribution is -2.42. The monoisotopic (exact) mass is 351 g/mol. The Balaban J connectivity index is 1.46. The maximum Gasteiger partial charge on any atom is 0.237 e. The molecule has 0 aromatic heterocycles. The summed E-state index contributed by atoms with van der Waals surface area (Å²) in [5, 5.41) is 6.36. The Morgan fingerprint density at radius 3 is 2.86 bits per heavy atom. The van der Waals surface area contributed by atoms with Crippen molar-refractivity contribution < 1.29 is 4.79 Å². The number of halogens is 1. The van der Waals surface area contributed by atoms with Crippen molar-refractivity contribution in [2.45, 2.75) is 25.3 Å². The summed E-state index contributed by atoms with van der Waals surface area (Å²) >= 11 is 3.47. The lowest BCUT2D eigenvalue weighted by molar-refractivity contribution is -0.122. The third kappa shape index (κ3) is 3.77. The highest BCUT2D eigenvalue weighted by atomic mass is 79.9. The van der Waals surface area contributed by atoms with Crippen molar-refractivity contribution in [2.24, 2.45) is 5.92 Å². The summed E-state index contributed by atoms with van der Waals surface area (Å²) in [6.45, 7) is 3.87. The Hall–Kier alpha value is -1.07. The fourth-order valence-electron chi connectivity index (χ4n) is 3.16. The molecule has 0 radical (unpaired) electrons. The average Bonchev–Trinajstić information content (AvgIpc) is 3.17. The molecule has 1 aromatic carbocycles. The average molecular weight is 352 g/mol. The molecule has 4 nitrogen and oxygen atoms in total. The van der Waals surface area contributed by atoms with Gasteiger partial charge in [-0.3, -0.25) is 4.79 Å². The molecule has 2 heterocycles. The van der Waals surface area contributed by atoms with Gasteiger partial charge in [-0.1, -0.05) is 15.9 Å². The molecule has 1 amide bonds. The number of amides is 1. The van der Waals surface area contributed by atoms with Crippen LogP contribution in [0.2, 0.25) is 0 Å². The van der Waals surface area contributed by atoms with E-state index in [1.165, 1.54) is 5.69 Å². The molecular formula is C16H22BrN3O. The van der Waals surface area contributed by atoms with E-state index in [0.717, 1.165) is 49.9 Å². The summed E-state index contributed by atoms with van der Waals surface area (Å²) in [6, 6.07) is 8.49. The fraction of sp³-hybridized carbons (Fsp3) is 0.562. The van der Waals surface area contributed by atoms with Gasteiger partial charge < -0.3 is 15.5 Å². The van der Waals surface area contributed by atoms with Crippen LogP contribution in [0.4, 0.5) is 5.69 Å². The van der Waals surface area contributed by atoms with Crippen molar-refractivity contribution in [3.63, 3.8) is 0 Å². The molecule has 0 spiro atoms. The van der Waals surface area contributed by atoms with Gasteiger partial charge in [-0.05, 0) is 56.0 Å². The van der Waals surface area contributed by atoms with E-state index in [2.05, 4.69) is 55.7 Å². The van der Waals surface area contributed by atoms with Gasteiger partial charge in [0.15, 0.2) is 0 Å². The van der Waals surface area contributed by atoms with Gasteiger partial charge in [0.2, 0.25) is 5.91 Å². The molecule has 0 aliphatic carbocycles. The Kier molecular flexibility index (Phi) is 4.80. The summed E-state index contributed by atoms with van der Waals surface area (Å²) in [5.41, 5.74) is 1.27. The molecule has 1 unspecified atom stereocenters. The summed E-state index contributed by atoms with van der Waals surface area (Å²) in [4.78, 5) is 14.4. The number of nitrogens with zero attached hydrogens (tertiary/aromatic N) is 1. The van der Waals surface area contributed by atoms with E-state index in [-0.39, 0.29) is 11.9 Å². The van der Waals surface area contributed by atoms with Gasteiger partial charge >= 0.3 is 0 Å². The van der Waals surface area contributed by atoms with E-state index in [1.54, 1.807) is 0 Å². The Labute approximate surface area is 134 Å². The molecule has 0 saturated carbocycles. The van der Waals surface area contributed by atoms with Crippen LogP contribution in [0.25, 0.3) is 0 Å². The van der Waals surface area contributed by atoms with Crippen LogP contribution < -0.4 is 15.5 Å². The number of anilines is 1. The number of rotatable bonds is 4. The minimum Gasteiger partial charge on any atom is -0.371 e. The lowest BCUT2D eigenvalue weighted by atomic mass is 10.1. The second kappa shape index (κ2) is 6.79. The summed E-state index contributed by atoms with van der Waals surface area (Å²) < 4.78 is 1.11. The molecule has 114 valence electrons. The van der Waals surface area contributed by atoms with E-state index in [1.807, 2.05) is 0 Å². The first-order valence-electron chi connectivity index (χ1n) is 7.74. The summed E-state index contributed by atoms with van der Waals surface area (Å²) in [5.74, 6) is 0.730. The number of nitrogens with one attached hydrogen (secondary N) is 2. The van der Waals surface area contributed by atoms with Gasteiger partial charge in [-0.25, -0.2) is 0 Å². The van der Waals surface area contributed by atoms with E-state index >= 15 is 0 Å². The van der Waals surface area contributed by atoms with Gasteiger partial charge in [0.1, 0.15) is 0 Å². The second-order valence-electron chi connectivity index (χ2n) is 5.97. The van der Waals surface area contributed by atoms with Crippen LogP contribution in [0.3, 0.4) is 0 Å². The maximum atomic E-state index is 12.0. The van der Waals surface area contributed by atoms with Crippen LogP contribution in [0.15, 0.2) is 28.7 Å². The lowest BCUT2D eigenvalue weighted by Gasteiger charge is -2.19. The normalized spacial score (nSPS) is 25.3. The van der Waals surface area contributed by atoms with E-state index < -0.39 is 0 Å². The number of carbonyl (C=O) groups is 1. The van der Waals surface area contributed by atoms with Crippen LogP contribution in [0.5, 0.6) is 0 Å². The Morgan fingerprint density at radius 1 is 1.33 bits per heavy atom. The first kappa shape index (κ1) is 14.9. The van der Waals surface area contributed by atoms with Gasteiger partial charge in [-0.2, -0.15) is 0 Å². The zero-order chi connectivity index (χ0) is 14.7. The second-order valence-corrected chi connectivity index (χ2v) is 6.89. The number of hydrogen-bond donors (Lipinski definition) is 2. The van der Waals surface area contributed by atoms with Gasteiger partial charge in [0.25, 0.3) is 0 Å². The predicted molar refractivity (Wildman–Crippen MR) is 88.5 cm³/mol. The molecule has 2 atom stereocenters. The fourth-order valence-corrected chi connectivity index (χ4v) is 3.43. The molecule has 3 rings (SSSR count). The van der Waals surface area contributed by atoms with Gasteiger partial charge in [0.05, 0.1) is 6.04 Å². The molecular weight excluding hydrogens is 330 g/mol. The zero-order valence-corrected chi connectivity index (χ0v) is 13.7. The molecule has 5 heteroatoms. The van der Waals surface area contributed by atoms with Gasteiger partial charge in [-0.15, -0.1) is 0 Å². The molecule has 1 aromatic rings. The molecule has 2 aliphatic heterocycles. The van der Waals surface area contributed by atoms with Gasteiger partial charge in [0, 0.05) is 29.8 Å². The Bertz CT molecular complexity index is 485. The first-order chi connectivity index (χ1) is 10.2. The SMILES string of the molecule is O=C(NCC1CCN(c2ccc(Br)cc2)C1)[C@@H]1CCCN1. The standard InChI is InChI=1S/C16H22BrN3O/c17-13-3-5-14(6-4-13)20-9-7-12(11-20)10-19-16(21)15-2-1-8-18-15/h3-6,12,15,18H,1-2,7-11H2,(H,19,21)/t12?,15-/m0/s1. The molecule has 21 heavy (non-hydrogen) atoms. The highest BCUT2D eigenvalue weighted by Crippen LogP contribution is 2.25. The first-order valence-corrected chi connectivity index (χ1v) is 8.53. The van der Waals surface area contributed by atoms with Crippen molar-refractivity contribution in [3.05, 3.63) is 28.7 Å². The summed E-state index contributed by atoms with van der Waals surface area (Å²) in [7, 11) is 0. The molecule has 2 fully saturated rings. The molecule has 2 saturated heterocycles. The van der Waals surface area contributed by atoms with Crippen molar-refractivity contribution in [2.75, 3.05) is 31.1 Å². The van der Waals surface area contributed by atoms with Crippen LogP contribution in [0.1, 0.15) is 19.3 Å². The van der Waals surface area contributed by atoms with Crippen molar-refractivity contribution in [3.8, 4) is 0 Å². The largest absolute Gasteiger partial charge is 0.371 e. The molecule has 2 aliphatic rings. The minimum absolute atomic E-state index is 0.0361. The highest BCUT2D eigenvalue weighted by molar-refractivity contribution is 9.10. The topological polar surface area (TPSA) is 44.4 Å². The number of hydrogen-bond acceptors (Lipinski definition) is 3. The van der Waals surface area contributed by atoms with Crippen LogP contribution in [0, 0.1) is 5.92 Å². The van der Waals surface area contributed by atoms with Crippen molar-refractivity contribution in [1.29, 1.82) is 0 Å². The quantitative estimate of drug-likeness (QED) is 0.873. The molecule has 2 N–H and O–H groups in total. The van der Waals surface area contributed by atoms with Crippen molar-refractivity contribution >= 4 is 27.5 Å². The third-order valence-corrected chi connectivity index (χ3v) is 4.95. The van der Waals surface area contributed by atoms with Crippen LogP contribution >= 0.6 is 15.9 Å². The summed E-state index contributed by atoms with van der Waals surface area (Å²) in [6.07, 6.45) is 3.23. The predicted octanol–water partition coefficient (Wildman–Crippen LogP) is 2.14. The van der Waals surface area contributed by atoms with E-state index in [0.29, 0.717) is 5.92 Å². The smallest absolute Gasteiger partial charge is 0.237 e. The van der Waals surface area contributed by atoms with E-state index in [4.69, 9.17) is 0 Å². The minimum atomic E-state index is 0.0361. The third-order valence-electron chi connectivity index (χ3n) is 4.42. The highest BCUT2D eigenvalue weighted by Gasteiger charge is 2.26. The zero-order valence-electron chi connectivity index (χ0n) is 12.1. The van der Waals surface area contributed by atoms with E-state index in [9.17, 15) is 4.79 Å². The number of carbonyl (C=O) groups excluding carboxylic acids is 1. The Morgan fingerprint density at radius 2 is 2.14 bits per heavy atom. The molecule has 0 bridgehead atoms. The van der Waals surface area contributed by atoms with Crippen LogP contribution in [-0.2, 0) is 4.79 Å². The maximum absolute atomic E-state index is 12.0.